The van der Waals surface area contributed by atoms with Gasteiger partial charge in [0.05, 0.1) is 0 Å². The summed E-state index contributed by atoms with van der Waals surface area (Å²) in [6.45, 7) is 0. The first-order valence-corrected chi connectivity index (χ1v) is 6.48. The number of benzene rings is 3. The molecule has 0 atom stereocenters. The molecule has 0 amide bonds. The Morgan fingerprint density at radius 3 is 0.864 bits per heavy atom. The number of halogens is 2. The molecule has 0 saturated heterocycles. The topological polar surface area (TPSA) is 0 Å². The summed E-state index contributed by atoms with van der Waals surface area (Å²) < 4.78 is 0. The molecule has 22 heavy (non-hydrogen) atoms. The molecular formula is C19H15Cl2Cr. The van der Waals surface area contributed by atoms with Crippen LogP contribution in [0.5, 0.6) is 0 Å². The maximum absolute atomic E-state index is 2.16. The van der Waals surface area contributed by atoms with E-state index < -0.39 is 0 Å². The first kappa shape index (κ1) is 20.6. The van der Waals surface area contributed by atoms with E-state index in [0.717, 1.165) is 0 Å². The van der Waals surface area contributed by atoms with Gasteiger partial charge in [0.1, 0.15) is 0 Å². The number of hydrogen-bond acceptors (Lipinski definition) is 0. The van der Waals surface area contributed by atoms with Gasteiger partial charge in [-0.3, -0.25) is 0 Å². The fourth-order valence-electron chi connectivity index (χ4n) is 2.31. The fourth-order valence-corrected chi connectivity index (χ4v) is 2.31. The number of rotatable bonds is 3. The molecule has 0 bridgehead atoms. The van der Waals surface area contributed by atoms with Crippen LogP contribution < -0.4 is 24.8 Å². The SMILES string of the molecule is [Cl-].[Cl-].[Cr+3].c1ccc([C-](c2ccccc2)c2ccccc2)cc1. The van der Waals surface area contributed by atoms with Gasteiger partial charge < -0.3 is 24.8 Å². The summed E-state index contributed by atoms with van der Waals surface area (Å²) in [6, 6.07) is 31.6. The summed E-state index contributed by atoms with van der Waals surface area (Å²) in [7, 11) is 0. The van der Waals surface area contributed by atoms with Gasteiger partial charge in [-0.05, 0) is 0 Å². The van der Waals surface area contributed by atoms with Crippen LogP contribution in [0.1, 0.15) is 16.7 Å². The molecule has 0 spiro atoms. The Balaban J connectivity index is 0.00000147. The summed E-state index contributed by atoms with van der Waals surface area (Å²) in [6.07, 6.45) is 0. The largest absolute Gasteiger partial charge is 3.00 e. The molecule has 0 unspecified atom stereocenters. The Bertz CT molecular complexity index is 533. The summed E-state index contributed by atoms with van der Waals surface area (Å²) in [4.78, 5) is 0. The van der Waals surface area contributed by atoms with E-state index in [4.69, 9.17) is 0 Å². The van der Waals surface area contributed by atoms with E-state index in [2.05, 4.69) is 91.0 Å². The molecule has 0 aliphatic carbocycles. The second-order valence-electron chi connectivity index (χ2n) is 4.47. The maximum Gasteiger partial charge on any atom is 3.00 e. The summed E-state index contributed by atoms with van der Waals surface area (Å²) in [5.41, 5.74) is 3.75. The molecule has 0 aliphatic heterocycles. The normalized spacial score (nSPS) is 8.73. The minimum Gasteiger partial charge on any atom is -1.00 e. The third-order valence-electron chi connectivity index (χ3n) is 3.19. The van der Waals surface area contributed by atoms with Crippen molar-refractivity contribution in [1.82, 2.24) is 0 Å². The van der Waals surface area contributed by atoms with Crippen LogP contribution in [0.3, 0.4) is 0 Å². The van der Waals surface area contributed by atoms with Gasteiger partial charge in [-0.2, -0.15) is 0 Å². The first-order valence-electron chi connectivity index (χ1n) is 6.48. The second-order valence-corrected chi connectivity index (χ2v) is 4.47. The smallest absolute Gasteiger partial charge is 1.00 e. The van der Waals surface area contributed by atoms with E-state index in [1.165, 1.54) is 22.6 Å². The Morgan fingerprint density at radius 1 is 0.409 bits per heavy atom. The molecule has 0 N–H and O–H groups in total. The van der Waals surface area contributed by atoms with Crippen LogP contribution in [0.2, 0.25) is 0 Å². The predicted molar refractivity (Wildman–Crippen MR) is 79.9 cm³/mol. The van der Waals surface area contributed by atoms with Gasteiger partial charge >= 0.3 is 17.4 Å². The average Bonchev–Trinajstić information content (AvgIpc) is 2.51. The van der Waals surface area contributed by atoms with Gasteiger partial charge in [-0.1, -0.05) is 114 Å². The van der Waals surface area contributed by atoms with Crippen molar-refractivity contribution in [2.24, 2.45) is 0 Å². The van der Waals surface area contributed by atoms with Gasteiger partial charge in [0.15, 0.2) is 0 Å². The van der Waals surface area contributed by atoms with Gasteiger partial charge in [0.2, 0.25) is 0 Å². The van der Waals surface area contributed by atoms with E-state index >= 15 is 0 Å². The Hall–Kier alpha value is -1.36. The molecule has 0 aliphatic rings. The minimum atomic E-state index is 0. The molecular weight excluding hydrogens is 351 g/mol. The zero-order valence-electron chi connectivity index (χ0n) is 11.8. The third-order valence-corrected chi connectivity index (χ3v) is 3.19. The van der Waals surface area contributed by atoms with Crippen molar-refractivity contribution in [1.29, 1.82) is 0 Å². The fraction of sp³-hybridized carbons (Fsp3) is 0. The molecule has 0 aromatic heterocycles. The molecule has 0 heterocycles. The van der Waals surface area contributed by atoms with Crippen molar-refractivity contribution in [2.75, 3.05) is 0 Å². The van der Waals surface area contributed by atoms with Crippen molar-refractivity contribution < 1.29 is 42.2 Å². The van der Waals surface area contributed by atoms with Crippen LogP contribution in [0.15, 0.2) is 91.0 Å². The summed E-state index contributed by atoms with van der Waals surface area (Å²) in [5, 5.41) is 0. The van der Waals surface area contributed by atoms with Crippen LogP contribution in [0, 0.1) is 5.92 Å². The van der Waals surface area contributed by atoms with E-state index in [1.807, 2.05) is 0 Å². The van der Waals surface area contributed by atoms with E-state index in [0.29, 0.717) is 0 Å². The molecule has 111 valence electrons. The van der Waals surface area contributed by atoms with Gasteiger partial charge in [-0.25, -0.2) is 0 Å². The molecule has 3 aromatic carbocycles. The first-order chi connectivity index (χ1) is 9.45. The van der Waals surface area contributed by atoms with Gasteiger partial charge in [0, 0.05) is 0 Å². The van der Waals surface area contributed by atoms with Crippen molar-refractivity contribution in [3.05, 3.63) is 114 Å². The Kier molecular flexibility index (Phi) is 9.74. The Labute approximate surface area is 155 Å². The van der Waals surface area contributed by atoms with Crippen LogP contribution in [-0.2, 0) is 17.4 Å². The maximum atomic E-state index is 2.16. The molecule has 0 nitrogen and oxygen atoms in total. The van der Waals surface area contributed by atoms with Crippen molar-refractivity contribution >= 4 is 0 Å². The van der Waals surface area contributed by atoms with Crippen LogP contribution >= 0.6 is 0 Å². The zero-order chi connectivity index (χ0) is 12.9. The average molecular weight is 366 g/mol. The van der Waals surface area contributed by atoms with Crippen molar-refractivity contribution in [3.63, 3.8) is 0 Å². The molecule has 3 aromatic rings. The Morgan fingerprint density at radius 2 is 0.636 bits per heavy atom. The minimum absolute atomic E-state index is 0. The monoisotopic (exact) mass is 365 g/mol. The van der Waals surface area contributed by atoms with E-state index in [9.17, 15) is 0 Å². The van der Waals surface area contributed by atoms with Crippen LogP contribution in [0.4, 0.5) is 0 Å². The predicted octanol–water partition coefficient (Wildman–Crippen LogP) is -1.29. The molecule has 3 heteroatoms. The number of hydrogen-bond donors (Lipinski definition) is 0. The van der Waals surface area contributed by atoms with Crippen molar-refractivity contribution in [2.45, 2.75) is 0 Å². The summed E-state index contributed by atoms with van der Waals surface area (Å²) in [5.74, 6) is 1.28. The van der Waals surface area contributed by atoms with Crippen molar-refractivity contribution in [3.8, 4) is 0 Å². The van der Waals surface area contributed by atoms with Crippen LogP contribution in [-0.4, -0.2) is 0 Å². The molecule has 3 rings (SSSR count). The van der Waals surface area contributed by atoms with Gasteiger partial charge in [0.25, 0.3) is 0 Å². The van der Waals surface area contributed by atoms with E-state index in [1.54, 1.807) is 0 Å². The molecule has 0 saturated carbocycles. The standard InChI is InChI=1S/C19H15.2ClH.Cr/c1-4-10-16(11-5-1)19(17-12-6-2-7-13-17)18-14-8-3-9-15-18;;;/h1-15H;2*1H;/q-1;;;+3/p-2. The van der Waals surface area contributed by atoms with Gasteiger partial charge in [-0.15, -0.1) is 0 Å². The summed E-state index contributed by atoms with van der Waals surface area (Å²) >= 11 is 0. The second kappa shape index (κ2) is 10.4. The third kappa shape index (κ3) is 4.84. The zero-order valence-corrected chi connectivity index (χ0v) is 14.6. The molecule has 1 radical (unpaired) electrons. The quantitative estimate of drug-likeness (QED) is 0.400. The van der Waals surface area contributed by atoms with E-state index in [-0.39, 0.29) is 42.2 Å². The van der Waals surface area contributed by atoms with Crippen LogP contribution in [0.25, 0.3) is 0 Å². The molecule has 0 fully saturated rings.